The number of hydrogen-bond donors (Lipinski definition) is 2. The fraction of sp³-hybridized carbons (Fsp3) is 0.333. The normalized spacial score (nSPS) is 10.6. The van der Waals surface area contributed by atoms with E-state index in [0.29, 0.717) is 34.1 Å². The molecular weight excluding hydrogens is 504 g/mol. The van der Waals surface area contributed by atoms with Crippen molar-refractivity contribution < 1.29 is 19.1 Å². The van der Waals surface area contributed by atoms with Gasteiger partial charge in [0.25, 0.3) is 11.8 Å². The first-order chi connectivity index (χ1) is 13.8. The number of hydrogen-bond acceptors (Lipinski definition) is 4. The van der Waals surface area contributed by atoms with Crippen molar-refractivity contribution in [3.05, 3.63) is 56.5 Å². The summed E-state index contributed by atoms with van der Waals surface area (Å²) in [6.45, 7) is 6.54. The molecule has 0 aliphatic carbocycles. The summed E-state index contributed by atoms with van der Waals surface area (Å²) in [7, 11) is 0. The smallest absolute Gasteiger partial charge is 0.276 e. The SMILES string of the molecule is Cc1cc(Br)ccc1OCC(=O)NNC(=O)c1ccc(OCCC(C)C)c(Br)c1. The summed E-state index contributed by atoms with van der Waals surface area (Å²) in [5.74, 6) is 0.927. The van der Waals surface area contributed by atoms with Crippen LogP contribution in [-0.2, 0) is 4.79 Å². The number of ether oxygens (including phenoxy) is 2. The maximum Gasteiger partial charge on any atom is 0.276 e. The molecule has 2 amide bonds. The maximum absolute atomic E-state index is 12.2. The molecule has 29 heavy (non-hydrogen) atoms. The van der Waals surface area contributed by atoms with E-state index in [2.05, 4.69) is 56.6 Å². The summed E-state index contributed by atoms with van der Waals surface area (Å²) in [4.78, 5) is 24.2. The van der Waals surface area contributed by atoms with Crippen molar-refractivity contribution in [1.29, 1.82) is 0 Å². The molecule has 0 saturated carbocycles. The van der Waals surface area contributed by atoms with Gasteiger partial charge in [-0.05, 0) is 77.2 Å². The van der Waals surface area contributed by atoms with E-state index in [4.69, 9.17) is 9.47 Å². The van der Waals surface area contributed by atoms with E-state index in [9.17, 15) is 9.59 Å². The third-order valence-electron chi connectivity index (χ3n) is 3.96. The summed E-state index contributed by atoms with van der Waals surface area (Å²) in [5.41, 5.74) is 6.01. The number of carbonyl (C=O) groups is 2. The Morgan fingerprint density at radius 2 is 1.72 bits per heavy atom. The van der Waals surface area contributed by atoms with Crippen LogP contribution >= 0.6 is 31.9 Å². The van der Waals surface area contributed by atoms with Crippen molar-refractivity contribution in [2.45, 2.75) is 27.2 Å². The van der Waals surface area contributed by atoms with Crippen LogP contribution < -0.4 is 20.3 Å². The summed E-state index contributed by atoms with van der Waals surface area (Å²) in [6.07, 6.45) is 0.947. The number of hydrazine groups is 1. The Balaban J connectivity index is 1.82. The van der Waals surface area contributed by atoms with E-state index in [1.807, 2.05) is 19.1 Å². The number of carbonyl (C=O) groups excluding carboxylic acids is 2. The molecule has 6 nitrogen and oxygen atoms in total. The lowest BCUT2D eigenvalue weighted by Crippen LogP contribution is -2.43. The molecule has 2 aromatic rings. The van der Waals surface area contributed by atoms with Crippen molar-refractivity contribution in [3.63, 3.8) is 0 Å². The molecule has 156 valence electrons. The van der Waals surface area contributed by atoms with Gasteiger partial charge in [-0.2, -0.15) is 0 Å². The van der Waals surface area contributed by atoms with Gasteiger partial charge in [0.15, 0.2) is 6.61 Å². The first-order valence-corrected chi connectivity index (χ1v) is 10.8. The van der Waals surface area contributed by atoms with Crippen LogP contribution in [0, 0.1) is 12.8 Å². The van der Waals surface area contributed by atoms with Crippen molar-refractivity contribution >= 4 is 43.7 Å². The van der Waals surface area contributed by atoms with Crippen LogP contribution in [0.4, 0.5) is 0 Å². The number of amides is 2. The first kappa shape index (κ1) is 23.2. The van der Waals surface area contributed by atoms with E-state index in [1.165, 1.54) is 0 Å². The molecule has 0 atom stereocenters. The van der Waals surface area contributed by atoms with Crippen LogP contribution in [0.2, 0.25) is 0 Å². The van der Waals surface area contributed by atoms with Crippen LogP contribution in [0.25, 0.3) is 0 Å². The molecule has 0 bridgehead atoms. The molecule has 8 heteroatoms. The summed E-state index contributed by atoms with van der Waals surface area (Å²) >= 11 is 6.78. The van der Waals surface area contributed by atoms with Crippen molar-refractivity contribution in [1.82, 2.24) is 10.9 Å². The minimum Gasteiger partial charge on any atom is -0.492 e. The summed E-state index contributed by atoms with van der Waals surface area (Å²) in [5, 5.41) is 0. The van der Waals surface area contributed by atoms with Crippen LogP contribution in [-0.4, -0.2) is 25.0 Å². The fourth-order valence-corrected chi connectivity index (χ4v) is 3.29. The quantitative estimate of drug-likeness (QED) is 0.484. The minimum atomic E-state index is -0.464. The first-order valence-electron chi connectivity index (χ1n) is 9.16. The van der Waals surface area contributed by atoms with Gasteiger partial charge in [-0.3, -0.25) is 20.4 Å². The van der Waals surface area contributed by atoms with E-state index >= 15 is 0 Å². The number of nitrogens with one attached hydrogen (secondary N) is 2. The Morgan fingerprint density at radius 3 is 2.38 bits per heavy atom. The molecule has 0 spiro atoms. The summed E-state index contributed by atoms with van der Waals surface area (Å²) in [6, 6.07) is 10.5. The molecule has 0 aliphatic heterocycles. The van der Waals surface area contributed by atoms with E-state index < -0.39 is 11.8 Å². The van der Waals surface area contributed by atoms with Gasteiger partial charge >= 0.3 is 0 Å². The van der Waals surface area contributed by atoms with Crippen molar-refractivity contribution in [2.75, 3.05) is 13.2 Å². The number of rotatable bonds is 8. The Bertz CT molecular complexity index is 872. The van der Waals surface area contributed by atoms with Crippen LogP contribution in [0.3, 0.4) is 0 Å². The number of benzene rings is 2. The topological polar surface area (TPSA) is 76.7 Å². The molecule has 2 aromatic carbocycles. The van der Waals surface area contributed by atoms with Crippen molar-refractivity contribution in [2.24, 2.45) is 5.92 Å². The van der Waals surface area contributed by atoms with Gasteiger partial charge < -0.3 is 9.47 Å². The van der Waals surface area contributed by atoms with Gasteiger partial charge in [0, 0.05) is 10.0 Å². The molecular formula is C21H24Br2N2O4. The second-order valence-electron chi connectivity index (χ2n) is 6.88. The Labute approximate surface area is 187 Å². The molecule has 0 heterocycles. The second kappa shape index (κ2) is 11.2. The van der Waals surface area contributed by atoms with Crippen LogP contribution in [0.15, 0.2) is 45.3 Å². The van der Waals surface area contributed by atoms with Gasteiger partial charge in [-0.1, -0.05) is 29.8 Å². The fourth-order valence-electron chi connectivity index (χ4n) is 2.32. The number of halogens is 2. The molecule has 0 unspecified atom stereocenters. The van der Waals surface area contributed by atoms with Crippen LogP contribution in [0.1, 0.15) is 36.2 Å². The predicted octanol–water partition coefficient (Wildman–Crippen LogP) is 4.78. The predicted molar refractivity (Wildman–Crippen MR) is 119 cm³/mol. The molecule has 0 fully saturated rings. The minimum absolute atomic E-state index is 0.213. The van der Waals surface area contributed by atoms with Gasteiger partial charge in [-0.25, -0.2) is 0 Å². The molecule has 2 rings (SSSR count). The molecule has 2 N–H and O–H groups in total. The lowest BCUT2D eigenvalue weighted by Gasteiger charge is -2.12. The zero-order chi connectivity index (χ0) is 21.4. The highest BCUT2D eigenvalue weighted by Gasteiger charge is 2.11. The van der Waals surface area contributed by atoms with Crippen LogP contribution in [0.5, 0.6) is 11.5 Å². The average Bonchev–Trinajstić information content (AvgIpc) is 2.66. The number of aryl methyl sites for hydroxylation is 1. The van der Waals surface area contributed by atoms with E-state index in [1.54, 1.807) is 24.3 Å². The van der Waals surface area contributed by atoms with Gasteiger partial charge in [-0.15, -0.1) is 0 Å². The summed E-state index contributed by atoms with van der Waals surface area (Å²) < 4.78 is 12.8. The molecule has 0 aliphatic rings. The third-order valence-corrected chi connectivity index (χ3v) is 5.07. The van der Waals surface area contributed by atoms with Crippen molar-refractivity contribution in [3.8, 4) is 11.5 Å². The highest BCUT2D eigenvalue weighted by molar-refractivity contribution is 9.10. The Hall–Kier alpha value is -2.06. The lowest BCUT2D eigenvalue weighted by molar-refractivity contribution is -0.123. The standard InChI is InChI=1S/C21H24Br2N2O4/c1-13(2)8-9-28-19-6-4-15(11-17(19)23)21(27)25-24-20(26)12-29-18-7-5-16(22)10-14(18)3/h4-7,10-11,13H,8-9,12H2,1-3H3,(H,24,26)(H,25,27). The molecule has 0 aromatic heterocycles. The van der Waals surface area contributed by atoms with Gasteiger partial charge in [0.05, 0.1) is 11.1 Å². The second-order valence-corrected chi connectivity index (χ2v) is 8.65. The Morgan fingerprint density at radius 1 is 1.00 bits per heavy atom. The van der Waals surface area contributed by atoms with Gasteiger partial charge in [0.2, 0.25) is 0 Å². The molecule has 0 saturated heterocycles. The highest BCUT2D eigenvalue weighted by atomic mass is 79.9. The maximum atomic E-state index is 12.2. The lowest BCUT2D eigenvalue weighted by atomic mass is 10.1. The monoisotopic (exact) mass is 526 g/mol. The highest BCUT2D eigenvalue weighted by Crippen LogP contribution is 2.26. The van der Waals surface area contributed by atoms with E-state index in [-0.39, 0.29) is 6.61 Å². The zero-order valence-electron chi connectivity index (χ0n) is 16.6. The van der Waals surface area contributed by atoms with E-state index in [0.717, 1.165) is 16.5 Å². The average molecular weight is 528 g/mol. The Kier molecular flexibility index (Phi) is 8.98. The molecule has 0 radical (unpaired) electrons. The largest absolute Gasteiger partial charge is 0.492 e. The zero-order valence-corrected chi connectivity index (χ0v) is 19.7. The van der Waals surface area contributed by atoms with Gasteiger partial charge in [0.1, 0.15) is 11.5 Å². The third kappa shape index (κ3) is 7.70.